The molecule has 25 heavy (non-hydrogen) atoms. The second kappa shape index (κ2) is 6.69. The lowest BCUT2D eigenvalue weighted by atomic mass is 10.1. The van der Waals surface area contributed by atoms with Crippen LogP contribution in [0.15, 0.2) is 30.3 Å². The Morgan fingerprint density at radius 2 is 2.12 bits per heavy atom. The van der Waals surface area contributed by atoms with Crippen LogP contribution in [0.25, 0.3) is 0 Å². The molecule has 0 fully saturated rings. The Labute approximate surface area is 142 Å². The van der Waals surface area contributed by atoms with Gasteiger partial charge in [0.2, 0.25) is 0 Å². The predicted molar refractivity (Wildman–Crippen MR) is 84.7 cm³/mol. The summed E-state index contributed by atoms with van der Waals surface area (Å²) in [4.78, 5) is 11.1. The largest absolute Gasteiger partial charge is 0.486 e. The summed E-state index contributed by atoms with van der Waals surface area (Å²) in [6.45, 7) is 0.0916. The van der Waals surface area contributed by atoms with Gasteiger partial charge in [-0.15, -0.1) is 6.42 Å². The van der Waals surface area contributed by atoms with Crippen molar-refractivity contribution in [2.24, 2.45) is 5.73 Å². The number of carbonyl (C=O) groups is 1. The second-order valence-corrected chi connectivity index (χ2v) is 5.27. The highest BCUT2D eigenvalue weighted by Gasteiger charge is 2.24. The molecular formula is C18H13F2NO4. The summed E-state index contributed by atoms with van der Waals surface area (Å²) in [5.74, 6) is -0.246. The zero-order valence-corrected chi connectivity index (χ0v) is 12.9. The van der Waals surface area contributed by atoms with Crippen molar-refractivity contribution in [2.45, 2.75) is 6.10 Å². The molecule has 5 nitrogen and oxygen atoms in total. The van der Waals surface area contributed by atoms with E-state index in [-0.39, 0.29) is 19.0 Å². The van der Waals surface area contributed by atoms with Gasteiger partial charge in [0.1, 0.15) is 24.6 Å². The molecule has 3 rings (SSSR count). The van der Waals surface area contributed by atoms with Crippen LogP contribution in [-0.4, -0.2) is 25.2 Å². The van der Waals surface area contributed by atoms with Gasteiger partial charge in [-0.3, -0.25) is 4.79 Å². The molecule has 128 valence electrons. The molecular weight excluding hydrogens is 332 g/mol. The highest BCUT2D eigenvalue weighted by Crippen LogP contribution is 2.32. The minimum absolute atomic E-state index is 0.0829. The van der Waals surface area contributed by atoms with Crippen LogP contribution in [0.5, 0.6) is 17.2 Å². The van der Waals surface area contributed by atoms with E-state index in [9.17, 15) is 13.6 Å². The third-order valence-corrected chi connectivity index (χ3v) is 3.56. The molecule has 2 N–H and O–H groups in total. The van der Waals surface area contributed by atoms with Gasteiger partial charge in [0, 0.05) is 5.56 Å². The van der Waals surface area contributed by atoms with Crippen LogP contribution in [0.3, 0.4) is 0 Å². The average Bonchev–Trinajstić information content (AvgIpc) is 2.60. The Balaban J connectivity index is 1.72. The molecule has 1 amide bonds. The number of fused-ring (bicyclic) bond motifs is 1. The van der Waals surface area contributed by atoms with Gasteiger partial charge in [-0.25, -0.2) is 8.78 Å². The van der Waals surface area contributed by atoms with E-state index in [1.165, 1.54) is 0 Å². The van der Waals surface area contributed by atoms with Crippen LogP contribution in [-0.2, 0) is 0 Å². The normalized spacial score (nSPS) is 15.3. The third-order valence-electron chi connectivity index (χ3n) is 3.56. The molecule has 0 aliphatic carbocycles. The van der Waals surface area contributed by atoms with Gasteiger partial charge in [-0.2, -0.15) is 0 Å². The molecule has 0 aromatic heterocycles. The van der Waals surface area contributed by atoms with E-state index < -0.39 is 29.2 Å². The van der Waals surface area contributed by atoms with Crippen molar-refractivity contribution in [1.29, 1.82) is 0 Å². The van der Waals surface area contributed by atoms with Crippen LogP contribution in [0, 0.1) is 24.0 Å². The minimum atomic E-state index is -1.21. The van der Waals surface area contributed by atoms with E-state index in [2.05, 4.69) is 5.92 Å². The lowest BCUT2D eigenvalue weighted by Crippen LogP contribution is -2.34. The molecule has 0 bridgehead atoms. The average molecular weight is 345 g/mol. The van der Waals surface area contributed by atoms with Crippen LogP contribution in [0.1, 0.15) is 15.9 Å². The summed E-state index contributed by atoms with van der Waals surface area (Å²) >= 11 is 0. The molecule has 0 spiro atoms. The van der Waals surface area contributed by atoms with E-state index in [0.29, 0.717) is 17.1 Å². The Hall–Kier alpha value is -3.27. The first-order valence-corrected chi connectivity index (χ1v) is 7.30. The molecule has 1 aliphatic rings. The number of primary amides is 1. The second-order valence-electron chi connectivity index (χ2n) is 5.27. The number of hydrogen-bond acceptors (Lipinski definition) is 4. The maximum atomic E-state index is 14.1. The van der Waals surface area contributed by atoms with Crippen LogP contribution in [0.4, 0.5) is 8.78 Å². The van der Waals surface area contributed by atoms with Gasteiger partial charge in [-0.1, -0.05) is 5.92 Å². The van der Waals surface area contributed by atoms with E-state index in [1.54, 1.807) is 18.2 Å². The summed E-state index contributed by atoms with van der Waals surface area (Å²) in [5.41, 5.74) is 4.75. The smallest absolute Gasteiger partial charge is 0.254 e. The van der Waals surface area contributed by atoms with E-state index in [4.69, 9.17) is 26.4 Å². The van der Waals surface area contributed by atoms with Crippen molar-refractivity contribution < 1.29 is 27.8 Å². The first kappa shape index (κ1) is 16.6. The predicted octanol–water partition coefficient (Wildman–Crippen LogP) is 2.26. The van der Waals surface area contributed by atoms with Gasteiger partial charge in [0.15, 0.2) is 29.2 Å². The van der Waals surface area contributed by atoms with Gasteiger partial charge >= 0.3 is 0 Å². The van der Waals surface area contributed by atoms with Crippen molar-refractivity contribution in [3.8, 4) is 29.6 Å². The number of hydrogen-bond donors (Lipinski definition) is 1. The number of terminal acetylenes is 1. The lowest BCUT2D eigenvalue weighted by molar-refractivity contribution is 0.0522. The SMILES string of the molecule is C#Cc1ccc2c(c1)OC(COc1ccc(F)c(C(N)=O)c1F)CO2. The molecule has 1 heterocycles. The van der Waals surface area contributed by atoms with Crippen molar-refractivity contribution in [2.75, 3.05) is 13.2 Å². The Bertz CT molecular complexity index is 876. The number of halogens is 2. The third kappa shape index (κ3) is 3.33. The summed E-state index contributed by atoms with van der Waals surface area (Å²) in [6.07, 6.45) is 4.80. The zero-order valence-electron chi connectivity index (χ0n) is 12.9. The van der Waals surface area contributed by atoms with E-state index in [1.807, 2.05) is 0 Å². The molecule has 1 aliphatic heterocycles. The van der Waals surface area contributed by atoms with Gasteiger partial charge < -0.3 is 19.9 Å². The standard InChI is InChI=1S/C18H13F2NO4/c1-2-10-3-5-13-15(7-10)25-11(8-23-13)9-24-14-6-4-12(19)16(17(14)20)18(21)22/h1,3-7,11H,8-9H2,(H2,21,22). The first-order chi connectivity index (χ1) is 12.0. The fourth-order valence-corrected chi connectivity index (χ4v) is 2.34. The topological polar surface area (TPSA) is 70.8 Å². The number of carbonyl (C=O) groups excluding carboxylic acids is 1. The highest BCUT2D eigenvalue weighted by molar-refractivity contribution is 5.93. The van der Waals surface area contributed by atoms with Crippen LogP contribution >= 0.6 is 0 Å². The molecule has 0 saturated carbocycles. The Kier molecular flexibility index (Phi) is 4.44. The number of ether oxygens (including phenoxy) is 3. The highest BCUT2D eigenvalue weighted by atomic mass is 19.1. The monoisotopic (exact) mass is 345 g/mol. The molecule has 0 saturated heterocycles. The van der Waals surface area contributed by atoms with Crippen molar-refractivity contribution in [3.05, 3.63) is 53.1 Å². The van der Waals surface area contributed by atoms with Crippen molar-refractivity contribution >= 4 is 5.91 Å². The van der Waals surface area contributed by atoms with Gasteiger partial charge in [0.05, 0.1) is 0 Å². The minimum Gasteiger partial charge on any atom is -0.486 e. The zero-order chi connectivity index (χ0) is 18.0. The van der Waals surface area contributed by atoms with Gasteiger partial charge in [-0.05, 0) is 30.3 Å². The van der Waals surface area contributed by atoms with Gasteiger partial charge in [0.25, 0.3) is 5.91 Å². The van der Waals surface area contributed by atoms with Crippen molar-refractivity contribution in [3.63, 3.8) is 0 Å². The fraction of sp³-hybridized carbons (Fsp3) is 0.167. The van der Waals surface area contributed by atoms with E-state index >= 15 is 0 Å². The summed E-state index contributed by atoms with van der Waals surface area (Å²) in [7, 11) is 0. The summed E-state index contributed by atoms with van der Waals surface area (Å²) < 4.78 is 44.1. The Morgan fingerprint density at radius 3 is 2.84 bits per heavy atom. The number of benzene rings is 2. The molecule has 7 heteroatoms. The molecule has 0 radical (unpaired) electrons. The summed E-state index contributed by atoms with van der Waals surface area (Å²) in [5, 5.41) is 0. The first-order valence-electron chi connectivity index (χ1n) is 7.30. The molecule has 2 aromatic carbocycles. The van der Waals surface area contributed by atoms with E-state index in [0.717, 1.165) is 12.1 Å². The summed E-state index contributed by atoms with van der Waals surface area (Å²) in [6, 6.07) is 7.04. The number of nitrogens with two attached hydrogens (primary N) is 1. The maximum Gasteiger partial charge on any atom is 0.254 e. The van der Waals surface area contributed by atoms with Crippen LogP contribution in [0.2, 0.25) is 0 Å². The fourth-order valence-electron chi connectivity index (χ4n) is 2.34. The lowest BCUT2D eigenvalue weighted by Gasteiger charge is -2.26. The number of rotatable bonds is 4. The Morgan fingerprint density at radius 1 is 1.32 bits per heavy atom. The number of amides is 1. The molecule has 1 atom stereocenters. The molecule has 1 unspecified atom stereocenters. The maximum absolute atomic E-state index is 14.1. The molecule has 2 aromatic rings. The van der Waals surface area contributed by atoms with Crippen molar-refractivity contribution in [1.82, 2.24) is 0 Å². The van der Waals surface area contributed by atoms with Crippen LogP contribution < -0.4 is 19.9 Å². The quantitative estimate of drug-likeness (QED) is 0.863.